The molecule has 0 amide bonds. The van der Waals surface area contributed by atoms with E-state index >= 15 is 0 Å². The zero-order valence-corrected chi connectivity index (χ0v) is 12.1. The minimum absolute atomic E-state index is 0.169. The van der Waals surface area contributed by atoms with Gasteiger partial charge in [-0.1, -0.05) is 13.3 Å². The summed E-state index contributed by atoms with van der Waals surface area (Å²) in [6, 6.07) is 0. The first kappa shape index (κ1) is 13.6. The highest BCUT2D eigenvalue weighted by Gasteiger charge is 2.17. The molecule has 0 aromatic heterocycles. The Morgan fingerprint density at radius 1 is 0.812 bits per heavy atom. The van der Waals surface area contributed by atoms with Crippen LogP contribution in [0.15, 0.2) is 0 Å². The predicted octanol–water partition coefficient (Wildman–Crippen LogP) is 5.31. The van der Waals surface area contributed by atoms with Gasteiger partial charge in [-0.05, 0) is 74.4 Å². The molecule has 0 aliphatic heterocycles. The molecule has 16 heavy (non-hydrogen) atoms. The Kier molecular flexibility index (Phi) is 4.43. The van der Waals surface area contributed by atoms with E-state index in [9.17, 15) is 0 Å². The first-order valence-corrected chi connectivity index (χ1v) is 6.56. The molecular formula is C15H23Cl. The Bertz CT molecular complexity index is 362. The number of rotatable bonds is 3. The predicted molar refractivity (Wildman–Crippen MR) is 73.6 cm³/mol. The molecule has 0 heterocycles. The van der Waals surface area contributed by atoms with Gasteiger partial charge in [0.15, 0.2) is 0 Å². The number of hydrogen-bond donors (Lipinski definition) is 0. The van der Waals surface area contributed by atoms with Crippen molar-refractivity contribution in [2.75, 3.05) is 0 Å². The molecule has 0 radical (unpaired) electrons. The first-order valence-electron chi connectivity index (χ1n) is 6.12. The summed E-state index contributed by atoms with van der Waals surface area (Å²) in [6.45, 7) is 13.2. The minimum Gasteiger partial charge on any atom is -0.118 e. The smallest absolute Gasteiger partial charge is 0.0590 e. The highest BCUT2D eigenvalue weighted by molar-refractivity contribution is 6.21. The van der Waals surface area contributed by atoms with Gasteiger partial charge in [0.25, 0.3) is 0 Å². The van der Waals surface area contributed by atoms with Crippen LogP contribution in [-0.4, -0.2) is 0 Å². The molecule has 1 atom stereocenters. The fourth-order valence-corrected chi connectivity index (χ4v) is 2.94. The molecule has 1 aromatic rings. The maximum absolute atomic E-state index is 6.51. The Morgan fingerprint density at radius 2 is 1.19 bits per heavy atom. The van der Waals surface area contributed by atoms with Gasteiger partial charge in [0.2, 0.25) is 0 Å². The lowest BCUT2D eigenvalue weighted by Gasteiger charge is -2.21. The summed E-state index contributed by atoms with van der Waals surface area (Å²) in [5, 5.41) is 0.169. The van der Waals surface area contributed by atoms with Crippen LogP contribution in [0.4, 0.5) is 0 Å². The average Bonchev–Trinajstić information content (AvgIpc) is 2.24. The summed E-state index contributed by atoms with van der Waals surface area (Å²) < 4.78 is 0. The van der Waals surface area contributed by atoms with E-state index in [-0.39, 0.29) is 5.38 Å². The summed E-state index contributed by atoms with van der Waals surface area (Å²) in [5.74, 6) is 0. The number of alkyl halides is 1. The van der Waals surface area contributed by atoms with Crippen LogP contribution in [0.1, 0.15) is 58.5 Å². The highest BCUT2D eigenvalue weighted by atomic mass is 35.5. The van der Waals surface area contributed by atoms with Gasteiger partial charge in [0.05, 0.1) is 5.38 Å². The Labute approximate surface area is 105 Å². The normalized spacial score (nSPS) is 12.9. The van der Waals surface area contributed by atoms with Crippen molar-refractivity contribution in [2.45, 2.75) is 59.8 Å². The highest BCUT2D eigenvalue weighted by Crippen LogP contribution is 2.35. The molecule has 1 unspecified atom stereocenters. The largest absolute Gasteiger partial charge is 0.118 e. The monoisotopic (exact) mass is 238 g/mol. The topological polar surface area (TPSA) is 0 Å². The van der Waals surface area contributed by atoms with Crippen LogP contribution in [-0.2, 0) is 0 Å². The lowest BCUT2D eigenvalue weighted by atomic mass is 9.87. The molecule has 0 saturated heterocycles. The second-order valence-corrected chi connectivity index (χ2v) is 5.32. The van der Waals surface area contributed by atoms with Gasteiger partial charge >= 0.3 is 0 Å². The van der Waals surface area contributed by atoms with Crippen molar-refractivity contribution in [3.05, 3.63) is 33.4 Å². The summed E-state index contributed by atoms with van der Waals surface area (Å²) in [5.41, 5.74) is 8.35. The second kappa shape index (κ2) is 5.23. The summed E-state index contributed by atoms with van der Waals surface area (Å²) in [4.78, 5) is 0. The van der Waals surface area contributed by atoms with Gasteiger partial charge in [0.1, 0.15) is 0 Å². The third kappa shape index (κ3) is 2.27. The molecule has 0 N–H and O–H groups in total. The van der Waals surface area contributed by atoms with Crippen LogP contribution in [0.25, 0.3) is 0 Å². The van der Waals surface area contributed by atoms with Gasteiger partial charge in [-0.25, -0.2) is 0 Å². The molecule has 0 aliphatic carbocycles. The molecule has 0 fully saturated rings. The second-order valence-electron chi connectivity index (χ2n) is 4.79. The fourth-order valence-electron chi connectivity index (χ4n) is 2.40. The van der Waals surface area contributed by atoms with Crippen LogP contribution < -0.4 is 0 Å². The van der Waals surface area contributed by atoms with E-state index in [2.05, 4.69) is 41.5 Å². The molecule has 0 nitrogen and oxygen atoms in total. The van der Waals surface area contributed by atoms with E-state index in [1.165, 1.54) is 33.4 Å². The van der Waals surface area contributed by atoms with Gasteiger partial charge in [-0.15, -0.1) is 11.6 Å². The Balaban J connectivity index is 3.39. The zero-order chi connectivity index (χ0) is 12.5. The van der Waals surface area contributed by atoms with E-state index in [1.54, 1.807) is 0 Å². The van der Waals surface area contributed by atoms with Crippen LogP contribution in [0.2, 0.25) is 0 Å². The van der Waals surface area contributed by atoms with Crippen molar-refractivity contribution in [2.24, 2.45) is 0 Å². The number of halogens is 1. The van der Waals surface area contributed by atoms with Gasteiger partial charge in [-0.3, -0.25) is 0 Å². The third-order valence-corrected chi connectivity index (χ3v) is 4.35. The molecule has 0 spiro atoms. The maximum Gasteiger partial charge on any atom is 0.0590 e. The van der Waals surface area contributed by atoms with Crippen LogP contribution in [0, 0.1) is 34.6 Å². The number of benzene rings is 1. The van der Waals surface area contributed by atoms with Crippen molar-refractivity contribution in [1.29, 1.82) is 0 Å². The van der Waals surface area contributed by atoms with E-state index in [0.717, 1.165) is 12.8 Å². The zero-order valence-electron chi connectivity index (χ0n) is 11.4. The quantitative estimate of drug-likeness (QED) is 0.626. The maximum atomic E-state index is 6.51. The van der Waals surface area contributed by atoms with Crippen LogP contribution in [0.3, 0.4) is 0 Å². The molecule has 0 bridgehead atoms. The molecule has 1 aromatic carbocycles. The molecule has 90 valence electrons. The standard InChI is InChI=1S/C15H23Cl/c1-7-8-14(16)15-12(5)10(3)9(2)11(4)13(15)6/h14H,7-8H2,1-6H3. The Morgan fingerprint density at radius 3 is 1.56 bits per heavy atom. The van der Waals surface area contributed by atoms with Crippen LogP contribution >= 0.6 is 11.6 Å². The van der Waals surface area contributed by atoms with Crippen molar-refractivity contribution in [1.82, 2.24) is 0 Å². The molecule has 1 heteroatoms. The van der Waals surface area contributed by atoms with E-state index in [1.807, 2.05) is 0 Å². The van der Waals surface area contributed by atoms with Crippen molar-refractivity contribution < 1.29 is 0 Å². The SMILES string of the molecule is CCCC(Cl)c1c(C)c(C)c(C)c(C)c1C. The van der Waals surface area contributed by atoms with Gasteiger partial charge in [-0.2, -0.15) is 0 Å². The van der Waals surface area contributed by atoms with Gasteiger partial charge in [0, 0.05) is 0 Å². The van der Waals surface area contributed by atoms with Gasteiger partial charge < -0.3 is 0 Å². The molecule has 0 saturated carbocycles. The molecule has 0 aliphatic rings. The van der Waals surface area contributed by atoms with Crippen molar-refractivity contribution in [3.8, 4) is 0 Å². The van der Waals surface area contributed by atoms with Crippen molar-refractivity contribution in [3.63, 3.8) is 0 Å². The average molecular weight is 239 g/mol. The molecular weight excluding hydrogens is 216 g/mol. The third-order valence-electron chi connectivity index (χ3n) is 3.91. The van der Waals surface area contributed by atoms with E-state index in [4.69, 9.17) is 11.6 Å². The van der Waals surface area contributed by atoms with E-state index < -0.39 is 0 Å². The minimum atomic E-state index is 0.169. The summed E-state index contributed by atoms with van der Waals surface area (Å²) >= 11 is 6.51. The van der Waals surface area contributed by atoms with Crippen LogP contribution in [0.5, 0.6) is 0 Å². The summed E-state index contributed by atoms with van der Waals surface area (Å²) in [7, 11) is 0. The fraction of sp³-hybridized carbons (Fsp3) is 0.600. The van der Waals surface area contributed by atoms with E-state index in [0.29, 0.717) is 0 Å². The summed E-state index contributed by atoms with van der Waals surface area (Å²) in [6.07, 6.45) is 2.20. The molecule has 1 rings (SSSR count). The van der Waals surface area contributed by atoms with Crippen molar-refractivity contribution >= 4 is 11.6 Å². The lowest BCUT2D eigenvalue weighted by Crippen LogP contribution is -2.04. The number of hydrogen-bond acceptors (Lipinski definition) is 0. The lowest BCUT2D eigenvalue weighted by molar-refractivity contribution is 0.759. The first-order chi connectivity index (χ1) is 7.41. The Hall–Kier alpha value is -0.490.